The van der Waals surface area contributed by atoms with Crippen LogP contribution in [-0.2, 0) is 15.0 Å². The largest absolute Gasteiger partial charge is 0.347 e. The number of carbonyl (C=O) groups is 2. The van der Waals surface area contributed by atoms with Crippen LogP contribution in [0.25, 0.3) is 0 Å². The van der Waals surface area contributed by atoms with Gasteiger partial charge in [-0.2, -0.15) is 0 Å². The fraction of sp³-hybridized carbons (Fsp3) is 0.440. The maximum Gasteiger partial charge on any atom is 0.239 e. The number of benzene rings is 2. The molecule has 2 N–H and O–H groups in total. The van der Waals surface area contributed by atoms with Crippen LogP contribution in [-0.4, -0.2) is 42.9 Å². The molecule has 1 saturated heterocycles. The second-order valence-electron chi connectivity index (χ2n) is 10.4. The number of hydrogen-bond acceptors (Lipinski definition) is 3. The Bertz CT molecular complexity index is 1110. The molecule has 0 aromatic heterocycles. The first-order valence-corrected chi connectivity index (χ1v) is 12.0. The van der Waals surface area contributed by atoms with Gasteiger partial charge in [-0.15, -0.1) is 0 Å². The minimum Gasteiger partial charge on any atom is -0.347 e. The zero-order valence-corrected chi connectivity index (χ0v) is 21.6. The second kappa shape index (κ2) is 8.46. The van der Waals surface area contributed by atoms with Gasteiger partial charge in [0.05, 0.1) is 6.04 Å². The van der Waals surface area contributed by atoms with E-state index in [-0.39, 0.29) is 23.3 Å². The zero-order valence-electron chi connectivity index (χ0n) is 19.3. The molecule has 2 aliphatic rings. The van der Waals surface area contributed by atoms with Crippen LogP contribution < -0.4 is 10.6 Å². The van der Waals surface area contributed by atoms with Crippen LogP contribution in [0.4, 0.5) is 5.69 Å². The van der Waals surface area contributed by atoms with Crippen LogP contribution in [0.15, 0.2) is 36.4 Å². The molecule has 2 aromatic rings. The van der Waals surface area contributed by atoms with E-state index in [1.54, 1.807) is 49.3 Å². The van der Waals surface area contributed by atoms with Crippen molar-refractivity contribution in [2.75, 3.05) is 19.4 Å². The number of amides is 2. The molecular formula is C25H28Cl3N3O2. The van der Waals surface area contributed by atoms with Gasteiger partial charge >= 0.3 is 0 Å². The summed E-state index contributed by atoms with van der Waals surface area (Å²) in [4.78, 5) is 29.0. The third-order valence-corrected chi connectivity index (χ3v) is 7.24. The predicted octanol–water partition coefficient (Wildman–Crippen LogP) is 5.49. The molecule has 4 atom stereocenters. The Morgan fingerprint density at radius 2 is 1.67 bits per heavy atom. The summed E-state index contributed by atoms with van der Waals surface area (Å²) in [5.41, 5.74) is 1.09. The topological polar surface area (TPSA) is 61.4 Å². The molecule has 1 unspecified atom stereocenters. The van der Waals surface area contributed by atoms with Gasteiger partial charge in [-0.1, -0.05) is 61.6 Å². The lowest BCUT2D eigenvalue weighted by Gasteiger charge is -2.37. The van der Waals surface area contributed by atoms with Crippen molar-refractivity contribution in [1.82, 2.24) is 10.2 Å². The number of fused-ring (bicyclic) bond motifs is 2. The Labute approximate surface area is 209 Å². The summed E-state index contributed by atoms with van der Waals surface area (Å²) in [5, 5.41) is 8.06. The molecule has 176 valence electrons. The molecule has 0 radical (unpaired) electrons. The Hall–Kier alpha value is -1.79. The zero-order chi connectivity index (χ0) is 24.3. The van der Waals surface area contributed by atoms with E-state index in [2.05, 4.69) is 31.4 Å². The molecule has 8 heteroatoms. The van der Waals surface area contributed by atoms with Gasteiger partial charge in [0, 0.05) is 46.8 Å². The molecule has 4 rings (SSSR count). The van der Waals surface area contributed by atoms with Gasteiger partial charge in [0.15, 0.2) is 0 Å². The van der Waals surface area contributed by atoms with Crippen LogP contribution in [0.3, 0.4) is 0 Å². The molecule has 1 fully saturated rings. The summed E-state index contributed by atoms with van der Waals surface area (Å²) in [6, 6.07) is 9.76. The summed E-state index contributed by atoms with van der Waals surface area (Å²) < 4.78 is 0. The number of halogens is 3. The molecule has 0 bridgehead atoms. The van der Waals surface area contributed by atoms with Crippen molar-refractivity contribution in [3.63, 3.8) is 0 Å². The van der Waals surface area contributed by atoms with Crippen molar-refractivity contribution >= 4 is 52.3 Å². The van der Waals surface area contributed by atoms with Crippen molar-refractivity contribution in [2.24, 2.45) is 5.41 Å². The van der Waals surface area contributed by atoms with E-state index in [0.29, 0.717) is 27.2 Å². The SMILES string of the molecule is CN(C)C(=O)C1N[C@H](CC(C)(C)C)[C@]2(C(=O)Nc3cc(Cl)ccc32)[C@H]1c1cc(Cl)cc(Cl)c1. The van der Waals surface area contributed by atoms with Crippen molar-refractivity contribution < 1.29 is 9.59 Å². The first kappa shape index (κ1) is 24.3. The van der Waals surface area contributed by atoms with E-state index < -0.39 is 17.4 Å². The quantitative estimate of drug-likeness (QED) is 0.577. The van der Waals surface area contributed by atoms with Crippen molar-refractivity contribution in [1.29, 1.82) is 0 Å². The second-order valence-corrected chi connectivity index (χ2v) is 11.7. The highest BCUT2D eigenvalue weighted by Crippen LogP contribution is 2.57. The molecule has 2 aliphatic heterocycles. The van der Waals surface area contributed by atoms with Crippen LogP contribution in [0.5, 0.6) is 0 Å². The molecule has 0 saturated carbocycles. The summed E-state index contributed by atoms with van der Waals surface area (Å²) in [5.74, 6) is -0.794. The predicted molar refractivity (Wildman–Crippen MR) is 134 cm³/mol. The van der Waals surface area contributed by atoms with Crippen molar-refractivity contribution in [3.8, 4) is 0 Å². The highest BCUT2D eigenvalue weighted by atomic mass is 35.5. The van der Waals surface area contributed by atoms with E-state index in [4.69, 9.17) is 34.8 Å². The van der Waals surface area contributed by atoms with Gasteiger partial charge in [0.25, 0.3) is 0 Å². The average Bonchev–Trinajstić information content (AvgIpc) is 3.14. The number of nitrogens with zero attached hydrogens (tertiary/aromatic N) is 1. The Kier molecular flexibility index (Phi) is 6.24. The summed E-state index contributed by atoms with van der Waals surface area (Å²) in [7, 11) is 3.44. The summed E-state index contributed by atoms with van der Waals surface area (Å²) in [6.45, 7) is 6.39. The smallest absolute Gasteiger partial charge is 0.239 e. The van der Waals surface area contributed by atoms with E-state index in [1.165, 1.54) is 0 Å². The number of hydrogen-bond donors (Lipinski definition) is 2. The lowest BCUT2D eigenvalue weighted by Crippen LogP contribution is -2.49. The maximum absolute atomic E-state index is 14.0. The van der Waals surface area contributed by atoms with E-state index in [9.17, 15) is 9.59 Å². The van der Waals surface area contributed by atoms with Crippen LogP contribution in [0.1, 0.15) is 44.2 Å². The Balaban J connectivity index is 2.03. The molecule has 0 aliphatic carbocycles. The molecule has 2 aromatic carbocycles. The minimum absolute atomic E-state index is 0.104. The minimum atomic E-state index is -1.04. The first-order valence-electron chi connectivity index (χ1n) is 10.9. The van der Waals surface area contributed by atoms with Gasteiger partial charge in [-0.05, 0) is 53.3 Å². The molecule has 5 nitrogen and oxygen atoms in total. The Morgan fingerprint density at radius 3 is 2.24 bits per heavy atom. The monoisotopic (exact) mass is 507 g/mol. The van der Waals surface area contributed by atoms with Gasteiger partial charge in [-0.25, -0.2) is 0 Å². The van der Waals surface area contributed by atoms with Gasteiger partial charge in [-0.3, -0.25) is 9.59 Å². The van der Waals surface area contributed by atoms with E-state index >= 15 is 0 Å². The van der Waals surface area contributed by atoms with Gasteiger partial charge in [0.1, 0.15) is 5.41 Å². The highest BCUT2D eigenvalue weighted by molar-refractivity contribution is 6.34. The number of likely N-dealkylation sites (N-methyl/N-ethyl adjacent to an activating group) is 1. The first-order chi connectivity index (χ1) is 15.3. The highest BCUT2D eigenvalue weighted by Gasteiger charge is 2.65. The lowest BCUT2D eigenvalue weighted by atomic mass is 9.62. The van der Waals surface area contributed by atoms with E-state index in [1.807, 2.05) is 6.07 Å². The summed E-state index contributed by atoms with van der Waals surface area (Å²) in [6.07, 6.45) is 0.671. The Morgan fingerprint density at radius 1 is 1.03 bits per heavy atom. The van der Waals surface area contributed by atoms with Crippen LogP contribution in [0, 0.1) is 5.41 Å². The number of anilines is 1. The number of rotatable bonds is 3. The molecular weight excluding hydrogens is 481 g/mol. The van der Waals surface area contributed by atoms with Crippen LogP contribution in [0.2, 0.25) is 15.1 Å². The standard InChI is InChI=1S/C25H28Cl3N3O2/c1-24(2,3)12-19-25(17-7-6-14(26)11-18(17)29-23(25)33)20(21(30-19)22(32)31(4)5)13-8-15(27)10-16(28)9-13/h6-11,19-21,30H,12H2,1-5H3,(H,29,33)/t19-,20+,21?,25+/m1/s1. The van der Waals surface area contributed by atoms with Crippen LogP contribution >= 0.6 is 34.8 Å². The van der Waals surface area contributed by atoms with Gasteiger partial charge in [0.2, 0.25) is 11.8 Å². The third-order valence-electron chi connectivity index (χ3n) is 6.57. The van der Waals surface area contributed by atoms with Crippen molar-refractivity contribution in [2.45, 2.75) is 50.6 Å². The molecule has 1 spiro atoms. The third kappa shape index (κ3) is 4.14. The fourth-order valence-electron chi connectivity index (χ4n) is 5.44. The fourth-order valence-corrected chi connectivity index (χ4v) is 6.16. The maximum atomic E-state index is 14.0. The summed E-state index contributed by atoms with van der Waals surface area (Å²) >= 11 is 19.1. The van der Waals surface area contributed by atoms with Gasteiger partial charge < -0.3 is 15.5 Å². The molecule has 2 heterocycles. The average molecular weight is 509 g/mol. The van der Waals surface area contributed by atoms with Crippen molar-refractivity contribution in [3.05, 3.63) is 62.6 Å². The normalized spacial score (nSPS) is 26.4. The van der Waals surface area contributed by atoms with E-state index in [0.717, 1.165) is 11.1 Å². The number of nitrogens with one attached hydrogen (secondary N) is 2. The molecule has 33 heavy (non-hydrogen) atoms. The number of carbonyl (C=O) groups excluding carboxylic acids is 2. The lowest BCUT2D eigenvalue weighted by molar-refractivity contribution is -0.131. The molecule has 2 amide bonds.